The summed E-state index contributed by atoms with van der Waals surface area (Å²) >= 11 is 7.32. The number of hydrogen-bond donors (Lipinski definition) is 1. The first-order valence-electron chi connectivity index (χ1n) is 17.3. The van der Waals surface area contributed by atoms with E-state index in [4.69, 9.17) is 31.3 Å². The van der Waals surface area contributed by atoms with Gasteiger partial charge in [0.15, 0.2) is 12.0 Å². The van der Waals surface area contributed by atoms with E-state index in [1.165, 1.54) is 19.3 Å². The zero-order valence-electron chi connectivity index (χ0n) is 28.0. The molecule has 2 aromatic heterocycles. The Morgan fingerprint density at radius 3 is 2.57 bits per heavy atom. The zero-order valence-corrected chi connectivity index (χ0v) is 28.8. The molecule has 2 spiro atoms. The number of fused-ring (bicyclic) bond motifs is 1. The lowest BCUT2D eigenvalue weighted by atomic mass is 9.61. The molecule has 248 valence electrons. The molecule has 5 aliphatic rings. The topological polar surface area (TPSA) is 89.7 Å². The number of halogens is 1. The minimum absolute atomic E-state index is 0.0525. The number of hydrogen-bond acceptors (Lipinski definition) is 7. The summed E-state index contributed by atoms with van der Waals surface area (Å²) in [4.78, 5) is 17.1. The van der Waals surface area contributed by atoms with Crippen LogP contribution in [0.1, 0.15) is 95.7 Å². The lowest BCUT2D eigenvalue weighted by molar-refractivity contribution is -0.0930. The Bertz CT molecular complexity index is 1670. The highest BCUT2D eigenvalue weighted by molar-refractivity contribution is 6.36. The summed E-state index contributed by atoms with van der Waals surface area (Å²) in [5, 5.41) is 15.9. The highest BCUT2D eigenvalue weighted by Gasteiger charge is 2.56. The molecule has 5 heterocycles. The summed E-state index contributed by atoms with van der Waals surface area (Å²) < 4.78 is 16.2. The number of benzene rings is 1. The molecule has 0 radical (unpaired) electrons. The van der Waals surface area contributed by atoms with Crippen molar-refractivity contribution in [1.29, 1.82) is 0 Å². The molecular weight excluding hydrogens is 602 g/mol. The van der Waals surface area contributed by atoms with E-state index in [1.807, 2.05) is 31.9 Å². The molecule has 3 saturated heterocycles. The van der Waals surface area contributed by atoms with Gasteiger partial charge >= 0.3 is 6.09 Å². The maximum absolute atomic E-state index is 12.7. The lowest BCUT2D eigenvalue weighted by Crippen LogP contribution is -2.65. The third kappa shape index (κ3) is 4.84. The first kappa shape index (κ1) is 30.5. The van der Waals surface area contributed by atoms with E-state index in [0.717, 1.165) is 116 Å². The van der Waals surface area contributed by atoms with Crippen LogP contribution in [0.3, 0.4) is 0 Å². The number of carbonyl (C=O) groups excluding carboxylic acids is 1. The fourth-order valence-electron chi connectivity index (χ4n) is 8.82. The van der Waals surface area contributed by atoms with Crippen LogP contribution in [0, 0.1) is 19.3 Å². The second-order valence-corrected chi connectivity index (χ2v) is 16.1. The smallest absolute Gasteiger partial charge is 0.410 e. The molecule has 1 atom stereocenters. The van der Waals surface area contributed by atoms with Crippen molar-refractivity contribution < 1.29 is 14.3 Å². The minimum atomic E-state index is -0.481. The molecular formula is C35H48ClN7O3. The summed E-state index contributed by atoms with van der Waals surface area (Å²) in [6.07, 6.45) is 10.5. The number of nitrogens with one attached hydrogen (secondary N) is 1. The number of likely N-dealkylation sites (tertiary alicyclic amines) is 1. The van der Waals surface area contributed by atoms with Crippen LogP contribution in [-0.4, -0.2) is 81.0 Å². The maximum Gasteiger partial charge on any atom is 0.410 e. The Morgan fingerprint density at radius 1 is 1.11 bits per heavy atom. The van der Waals surface area contributed by atoms with E-state index in [0.29, 0.717) is 0 Å². The van der Waals surface area contributed by atoms with Gasteiger partial charge in [0.1, 0.15) is 5.60 Å². The molecule has 46 heavy (non-hydrogen) atoms. The fourth-order valence-corrected chi connectivity index (χ4v) is 9.07. The van der Waals surface area contributed by atoms with E-state index in [2.05, 4.69) is 39.5 Å². The number of aromatic nitrogens is 4. The molecule has 1 amide bonds. The Balaban J connectivity index is 1.18. The van der Waals surface area contributed by atoms with E-state index in [-0.39, 0.29) is 29.3 Å². The van der Waals surface area contributed by atoms with E-state index >= 15 is 0 Å². The average molecular weight is 650 g/mol. The normalized spacial score (nSPS) is 24.3. The van der Waals surface area contributed by atoms with Crippen molar-refractivity contribution in [3.63, 3.8) is 0 Å². The van der Waals surface area contributed by atoms with Crippen molar-refractivity contribution >= 4 is 34.4 Å². The summed E-state index contributed by atoms with van der Waals surface area (Å²) in [5.41, 5.74) is 5.21. The first-order chi connectivity index (χ1) is 22.0. The highest BCUT2D eigenvalue weighted by atomic mass is 35.5. The Kier molecular flexibility index (Phi) is 7.20. The van der Waals surface area contributed by atoms with Gasteiger partial charge in [0.05, 0.1) is 28.3 Å². The monoisotopic (exact) mass is 649 g/mol. The summed E-state index contributed by atoms with van der Waals surface area (Å²) in [7, 11) is 0. The van der Waals surface area contributed by atoms with Gasteiger partial charge < -0.3 is 24.6 Å². The van der Waals surface area contributed by atoms with Crippen molar-refractivity contribution in [3.05, 3.63) is 28.5 Å². The van der Waals surface area contributed by atoms with Gasteiger partial charge in [-0.1, -0.05) is 11.6 Å². The van der Waals surface area contributed by atoms with Crippen LogP contribution >= 0.6 is 11.6 Å². The second kappa shape index (κ2) is 10.9. The molecule has 1 unspecified atom stereocenters. The van der Waals surface area contributed by atoms with Crippen molar-refractivity contribution in [3.8, 4) is 11.1 Å². The number of rotatable bonds is 4. The zero-order chi connectivity index (χ0) is 32.0. The number of aryl methyl sites for hydroxylation is 1. The average Bonchev–Trinajstić information content (AvgIpc) is 3.52. The van der Waals surface area contributed by atoms with Gasteiger partial charge in [-0.05, 0) is 97.6 Å². The SMILES string of the molecule is Cc1cc2c(cnn2C2CCCCO2)c(-c2c(N3CCNCC34CCC4)nn(C3CC4(C3)CN(C(=O)OC(C)(C)C)C4)c2C)c1Cl. The van der Waals surface area contributed by atoms with Gasteiger partial charge in [0, 0.05) is 67.0 Å². The molecule has 5 fully saturated rings. The molecule has 2 aliphatic carbocycles. The van der Waals surface area contributed by atoms with E-state index in [1.54, 1.807) is 0 Å². The lowest BCUT2D eigenvalue weighted by Gasteiger charge is -2.58. The molecule has 2 saturated carbocycles. The second-order valence-electron chi connectivity index (χ2n) is 15.8. The predicted molar refractivity (Wildman–Crippen MR) is 180 cm³/mol. The molecule has 8 rings (SSSR count). The first-order valence-corrected chi connectivity index (χ1v) is 17.7. The fraction of sp³-hybridized carbons (Fsp3) is 0.686. The van der Waals surface area contributed by atoms with Crippen molar-refractivity contribution in [2.24, 2.45) is 5.41 Å². The van der Waals surface area contributed by atoms with Crippen molar-refractivity contribution in [1.82, 2.24) is 29.8 Å². The van der Waals surface area contributed by atoms with Crippen LogP contribution in [0.2, 0.25) is 5.02 Å². The number of ether oxygens (including phenoxy) is 2. The van der Waals surface area contributed by atoms with Crippen molar-refractivity contribution in [2.45, 2.75) is 109 Å². The Hall–Kier alpha value is -2.82. The number of nitrogens with zero attached hydrogens (tertiary/aromatic N) is 6. The highest BCUT2D eigenvalue weighted by Crippen LogP contribution is 2.56. The largest absolute Gasteiger partial charge is 0.444 e. The van der Waals surface area contributed by atoms with Crippen LogP contribution in [0.25, 0.3) is 22.0 Å². The molecule has 0 bridgehead atoms. The van der Waals surface area contributed by atoms with Crippen LogP contribution in [0.4, 0.5) is 10.6 Å². The summed E-state index contributed by atoms with van der Waals surface area (Å²) in [6, 6.07) is 2.46. The van der Waals surface area contributed by atoms with Crippen LogP contribution in [0.15, 0.2) is 12.3 Å². The van der Waals surface area contributed by atoms with E-state index in [9.17, 15) is 4.79 Å². The number of piperazine rings is 1. The van der Waals surface area contributed by atoms with E-state index < -0.39 is 5.60 Å². The summed E-state index contributed by atoms with van der Waals surface area (Å²) in [5.74, 6) is 1.05. The van der Waals surface area contributed by atoms with Gasteiger partial charge in [-0.3, -0.25) is 4.68 Å². The molecule has 10 nitrogen and oxygen atoms in total. The third-order valence-corrected chi connectivity index (χ3v) is 11.8. The van der Waals surface area contributed by atoms with Gasteiger partial charge in [0.2, 0.25) is 0 Å². The number of anilines is 1. The van der Waals surface area contributed by atoms with Crippen LogP contribution < -0.4 is 10.2 Å². The van der Waals surface area contributed by atoms with Gasteiger partial charge in [-0.2, -0.15) is 10.2 Å². The van der Waals surface area contributed by atoms with Crippen molar-refractivity contribution in [2.75, 3.05) is 44.2 Å². The summed E-state index contributed by atoms with van der Waals surface area (Å²) in [6.45, 7) is 15.2. The number of carbonyl (C=O) groups is 1. The molecule has 11 heteroatoms. The number of amides is 1. The molecule has 1 aromatic carbocycles. The molecule has 3 aromatic rings. The van der Waals surface area contributed by atoms with Crippen LogP contribution in [-0.2, 0) is 9.47 Å². The maximum atomic E-state index is 12.7. The third-order valence-electron chi connectivity index (χ3n) is 11.3. The van der Waals surface area contributed by atoms with Crippen LogP contribution in [0.5, 0.6) is 0 Å². The molecule has 1 N–H and O–H groups in total. The molecule has 3 aliphatic heterocycles. The van der Waals surface area contributed by atoms with Gasteiger partial charge in [0.25, 0.3) is 0 Å². The van der Waals surface area contributed by atoms with Gasteiger partial charge in [-0.25, -0.2) is 9.48 Å². The standard InChI is InChI=1S/C35H48ClN7O3/c1-22-15-26-25(18-38-43(26)27-9-6-7-14-45-27)29(30(22)36)28-23(2)42(39-31(28)41-13-12-37-19-35(41)10-8-11-35)24-16-34(17-24)20-40(21-34)32(44)46-33(3,4)5/h15,18,24,27,37H,6-14,16-17,19-21H2,1-5H3. The van der Waals surface area contributed by atoms with Gasteiger partial charge in [-0.15, -0.1) is 0 Å². The Morgan fingerprint density at radius 2 is 1.89 bits per heavy atom. The Labute approximate surface area is 276 Å². The predicted octanol–water partition coefficient (Wildman–Crippen LogP) is 6.77. The quantitative estimate of drug-likeness (QED) is 0.334. The minimum Gasteiger partial charge on any atom is -0.444 e.